The van der Waals surface area contributed by atoms with Gasteiger partial charge in [0.05, 0.1) is 18.1 Å². The van der Waals surface area contributed by atoms with Crippen molar-refractivity contribution in [1.29, 1.82) is 0 Å². The van der Waals surface area contributed by atoms with Gasteiger partial charge in [0.25, 0.3) is 0 Å². The summed E-state index contributed by atoms with van der Waals surface area (Å²) in [5.74, 6) is -2.97. The van der Waals surface area contributed by atoms with Crippen molar-refractivity contribution >= 4 is 11.9 Å². The second-order valence-corrected chi connectivity index (χ2v) is 5.97. The molecule has 1 aliphatic carbocycles. The summed E-state index contributed by atoms with van der Waals surface area (Å²) in [6.07, 6.45) is 10.3. The number of carboxylic acids is 1. The third kappa shape index (κ3) is 2.88. The molecule has 21 heavy (non-hydrogen) atoms. The molecule has 2 aliphatic heterocycles. The molecule has 0 aromatic rings. The Morgan fingerprint density at radius 3 is 2.67 bits per heavy atom. The minimum atomic E-state index is -1.21. The van der Waals surface area contributed by atoms with Gasteiger partial charge in [0, 0.05) is 18.4 Å². The molecule has 3 rings (SSSR count). The highest BCUT2D eigenvalue weighted by Crippen LogP contribution is 2.38. The SMILES string of the molecule is O=C([O-])[C@@H]1[C@H](C(=O)NCCC2=CCCCC2)[C@@H]2C=C[C@H]1O2. The van der Waals surface area contributed by atoms with E-state index in [0.717, 1.165) is 19.3 Å². The molecular weight excluding hydrogens is 270 g/mol. The lowest BCUT2D eigenvalue weighted by molar-refractivity contribution is -0.313. The molecule has 3 aliphatic rings. The lowest BCUT2D eigenvalue weighted by Gasteiger charge is -2.25. The maximum atomic E-state index is 12.3. The summed E-state index contributed by atoms with van der Waals surface area (Å²) in [5, 5.41) is 14.1. The Labute approximate surface area is 124 Å². The number of carboxylic acid groups (broad SMARTS) is 1. The topological polar surface area (TPSA) is 78.5 Å². The zero-order chi connectivity index (χ0) is 14.8. The third-order valence-corrected chi connectivity index (χ3v) is 4.60. The van der Waals surface area contributed by atoms with Crippen molar-refractivity contribution in [2.45, 2.75) is 44.3 Å². The third-order valence-electron chi connectivity index (χ3n) is 4.60. The zero-order valence-corrected chi connectivity index (χ0v) is 11.9. The van der Waals surface area contributed by atoms with E-state index in [-0.39, 0.29) is 5.91 Å². The van der Waals surface area contributed by atoms with Crippen molar-refractivity contribution in [3.05, 3.63) is 23.8 Å². The van der Waals surface area contributed by atoms with Crippen LogP contribution in [0.2, 0.25) is 0 Å². The van der Waals surface area contributed by atoms with Crippen molar-refractivity contribution in [1.82, 2.24) is 5.32 Å². The van der Waals surface area contributed by atoms with Gasteiger partial charge in [-0.15, -0.1) is 0 Å². The van der Waals surface area contributed by atoms with E-state index in [9.17, 15) is 14.7 Å². The molecule has 2 bridgehead atoms. The monoisotopic (exact) mass is 290 g/mol. The second-order valence-electron chi connectivity index (χ2n) is 5.97. The molecule has 2 heterocycles. The van der Waals surface area contributed by atoms with E-state index in [0.29, 0.717) is 6.54 Å². The summed E-state index contributed by atoms with van der Waals surface area (Å²) in [5.41, 5.74) is 1.39. The molecule has 0 spiro atoms. The van der Waals surface area contributed by atoms with Crippen LogP contribution in [0.3, 0.4) is 0 Å². The van der Waals surface area contributed by atoms with Crippen LogP contribution in [0.4, 0.5) is 0 Å². The van der Waals surface area contributed by atoms with Crippen LogP contribution in [0.1, 0.15) is 32.1 Å². The molecule has 1 amide bonds. The van der Waals surface area contributed by atoms with Gasteiger partial charge in [-0.25, -0.2) is 0 Å². The van der Waals surface area contributed by atoms with Crippen LogP contribution in [-0.4, -0.2) is 30.6 Å². The normalized spacial score (nSPS) is 33.8. The summed E-state index contributed by atoms with van der Waals surface area (Å²) in [6.45, 7) is 0.558. The van der Waals surface area contributed by atoms with Crippen molar-refractivity contribution in [3.63, 3.8) is 0 Å². The molecule has 114 valence electrons. The molecule has 0 aromatic heterocycles. The minimum absolute atomic E-state index is 0.238. The first-order chi connectivity index (χ1) is 10.2. The van der Waals surface area contributed by atoms with Crippen molar-refractivity contribution in [2.24, 2.45) is 11.8 Å². The van der Waals surface area contributed by atoms with Crippen LogP contribution in [0.5, 0.6) is 0 Å². The molecule has 0 unspecified atom stereocenters. The summed E-state index contributed by atoms with van der Waals surface area (Å²) >= 11 is 0. The number of amides is 1. The van der Waals surface area contributed by atoms with Crippen LogP contribution < -0.4 is 10.4 Å². The first-order valence-electron chi connectivity index (χ1n) is 7.67. The number of aliphatic carboxylic acids is 1. The molecule has 1 saturated heterocycles. The summed E-state index contributed by atoms with van der Waals surface area (Å²) < 4.78 is 5.47. The molecule has 0 saturated carbocycles. The number of nitrogens with one attached hydrogen (secondary N) is 1. The van der Waals surface area contributed by atoms with E-state index in [1.54, 1.807) is 12.2 Å². The summed E-state index contributed by atoms with van der Waals surface area (Å²) in [7, 11) is 0. The van der Waals surface area contributed by atoms with Crippen molar-refractivity contribution < 1.29 is 19.4 Å². The molecule has 5 heteroatoms. The highest BCUT2D eigenvalue weighted by molar-refractivity contribution is 5.86. The average molecular weight is 290 g/mol. The molecular formula is C16H20NO4-. The predicted octanol–water partition coefficient (Wildman–Crippen LogP) is 0.313. The van der Waals surface area contributed by atoms with E-state index in [2.05, 4.69) is 11.4 Å². The molecule has 5 nitrogen and oxygen atoms in total. The second kappa shape index (κ2) is 6.02. The van der Waals surface area contributed by atoms with Gasteiger partial charge in [-0.05, 0) is 32.1 Å². The van der Waals surface area contributed by atoms with Gasteiger partial charge in [-0.3, -0.25) is 4.79 Å². The van der Waals surface area contributed by atoms with E-state index >= 15 is 0 Å². The number of ether oxygens (including phenoxy) is 1. The van der Waals surface area contributed by atoms with Crippen LogP contribution in [0, 0.1) is 11.8 Å². The van der Waals surface area contributed by atoms with Gasteiger partial charge in [-0.2, -0.15) is 0 Å². The van der Waals surface area contributed by atoms with E-state index in [1.165, 1.54) is 18.4 Å². The molecule has 0 aromatic carbocycles. The largest absolute Gasteiger partial charge is 0.550 e. The molecule has 4 atom stereocenters. The van der Waals surface area contributed by atoms with Gasteiger partial charge in [0.2, 0.25) is 5.91 Å². The average Bonchev–Trinajstić information content (AvgIpc) is 3.08. The minimum Gasteiger partial charge on any atom is -0.550 e. The number of allylic oxidation sites excluding steroid dienone is 1. The molecule has 1 N–H and O–H groups in total. The Kier molecular flexibility index (Phi) is 4.10. The standard InChI is InChI=1S/C16H21NO4/c18-15(17-9-8-10-4-2-1-3-5-10)13-11-6-7-12(21-11)14(13)16(19)20/h4,6-7,11-14H,1-3,5,8-9H2,(H,17,18)(H,19,20)/p-1/t11-,12+,13+,14-/m0/s1. The first-order valence-corrected chi connectivity index (χ1v) is 7.67. The van der Waals surface area contributed by atoms with Gasteiger partial charge in [-0.1, -0.05) is 23.8 Å². The quantitative estimate of drug-likeness (QED) is 0.739. The van der Waals surface area contributed by atoms with E-state index in [1.807, 2.05) is 0 Å². The van der Waals surface area contributed by atoms with Crippen LogP contribution in [-0.2, 0) is 14.3 Å². The molecule has 0 radical (unpaired) electrons. The van der Waals surface area contributed by atoms with Crippen LogP contribution >= 0.6 is 0 Å². The Balaban J connectivity index is 1.54. The fourth-order valence-electron chi connectivity index (χ4n) is 3.50. The highest BCUT2D eigenvalue weighted by atomic mass is 16.5. The fourth-order valence-corrected chi connectivity index (χ4v) is 3.50. The summed E-state index contributed by atoms with van der Waals surface area (Å²) in [6, 6.07) is 0. The first kappa shape index (κ1) is 14.3. The van der Waals surface area contributed by atoms with Gasteiger partial charge in [0.1, 0.15) is 0 Å². The lowest BCUT2D eigenvalue weighted by Crippen LogP contribution is -2.47. The number of carbonyl (C=O) groups excluding carboxylic acids is 2. The Morgan fingerprint density at radius 2 is 2.00 bits per heavy atom. The van der Waals surface area contributed by atoms with Gasteiger partial charge >= 0.3 is 0 Å². The number of hydrogen-bond donors (Lipinski definition) is 1. The Morgan fingerprint density at radius 1 is 1.24 bits per heavy atom. The number of hydrogen-bond acceptors (Lipinski definition) is 4. The maximum Gasteiger partial charge on any atom is 0.226 e. The van der Waals surface area contributed by atoms with E-state index in [4.69, 9.17) is 4.74 Å². The van der Waals surface area contributed by atoms with E-state index < -0.39 is 30.0 Å². The highest BCUT2D eigenvalue weighted by Gasteiger charge is 2.50. The van der Waals surface area contributed by atoms with Crippen LogP contribution in [0.25, 0.3) is 0 Å². The number of fused-ring (bicyclic) bond motifs is 2. The smallest absolute Gasteiger partial charge is 0.226 e. The summed E-state index contributed by atoms with van der Waals surface area (Å²) in [4.78, 5) is 23.5. The zero-order valence-electron chi connectivity index (χ0n) is 11.9. The van der Waals surface area contributed by atoms with Gasteiger partial charge in [0.15, 0.2) is 0 Å². The van der Waals surface area contributed by atoms with Crippen molar-refractivity contribution in [2.75, 3.05) is 6.54 Å². The molecule has 1 fully saturated rings. The Bertz CT molecular complexity index is 497. The maximum absolute atomic E-state index is 12.3. The number of rotatable bonds is 5. The van der Waals surface area contributed by atoms with Crippen molar-refractivity contribution in [3.8, 4) is 0 Å². The number of carbonyl (C=O) groups is 2. The van der Waals surface area contributed by atoms with Gasteiger partial charge < -0.3 is 20.0 Å². The van der Waals surface area contributed by atoms with Crippen LogP contribution in [0.15, 0.2) is 23.8 Å². The fraction of sp³-hybridized carbons (Fsp3) is 0.625. The lowest BCUT2D eigenvalue weighted by atomic mass is 9.82. The Hall–Kier alpha value is -1.62. The predicted molar refractivity (Wildman–Crippen MR) is 74.0 cm³/mol.